The third kappa shape index (κ3) is 1.61. The SMILES string of the molecule is N=C1C=C(N)Cc2c1ccc1c2Nc2cncnc2N1O. The van der Waals surface area contributed by atoms with Crippen LogP contribution in [0.2, 0.25) is 0 Å². The minimum Gasteiger partial charge on any atom is -0.402 e. The lowest BCUT2D eigenvalue weighted by molar-refractivity contribution is 0.297. The molecular formula is C14H12N6O. The molecule has 1 aromatic carbocycles. The van der Waals surface area contributed by atoms with Crippen molar-refractivity contribution in [2.24, 2.45) is 5.73 Å². The number of hydrogen-bond donors (Lipinski definition) is 4. The van der Waals surface area contributed by atoms with Crippen molar-refractivity contribution in [1.82, 2.24) is 9.97 Å². The summed E-state index contributed by atoms with van der Waals surface area (Å²) in [6.07, 6.45) is 5.17. The summed E-state index contributed by atoms with van der Waals surface area (Å²) in [4.78, 5) is 8.02. The summed E-state index contributed by atoms with van der Waals surface area (Å²) in [7, 11) is 0. The minimum absolute atomic E-state index is 0.373. The summed E-state index contributed by atoms with van der Waals surface area (Å²) in [5, 5.41) is 22.6. The van der Waals surface area contributed by atoms with Gasteiger partial charge in [-0.05, 0) is 17.7 Å². The number of nitrogens with two attached hydrogens (primary N) is 1. The Morgan fingerprint density at radius 2 is 2.24 bits per heavy atom. The molecule has 2 aromatic rings. The van der Waals surface area contributed by atoms with E-state index in [4.69, 9.17) is 11.1 Å². The molecular weight excluding hydrogens is 268 g/mol. The number of nitrogens with zero attached hydrogens (tertiary/aromatic N) is 3. The van der Waals surface area contributed by atoms with Gasteiger partial charge in [0.25, 0.3) is 0 Å². The van der Waals surface area contributed by atoms with Crippen LogP contribution in [0.15, 0.2) is 36.4 Å². The number of hydrogen-bond acceptors (Lipinski definition) is 7. The van der Waals surface area contributed by atoms with Crippen LogP contribution in [0.3, 0.4) is 0 Å². The summed E-state index contributed by atoms with van der Waals surface area (Å²) in [5.41, 5.74) is 10.5. The molecule has 7 heteroatoms. The van der Waals surface area contributed by atoms with Gasteiger partial charge in [0.2, 0.25) is 0 Å². The molecule has 1 aromatic heterocycles. The van der Waals surface area contributed by atoms with Crippen LogP contribution < -0.4 is 16.1 Å². The summed E-state index contributed by atoms with van der Waals surface area (Å²) < 4.78 is 0. The van der Waals surface area contributed by atoms with Crippen molar-refractivity contribution in [3.63, 3.8) is 0 Å². The first-order valence-electron chi connectivity index (χ1n) is 6.42. The number of benzene rings is 1. The third-order valence-corrected chi connectivity index (χ3v) is 3.67. The smallest absolute Gasteiger partial charge is 0.184 e. The molecule has 7 nitrogen and oxygen atoms in total. The van der Waals surface area contributed by atoms with E-state index < -0.39 is 0 Å². The topological polar surface area (TPSA) is 111 Å². The highest BCUT2D eigenvalue weighted by atomic mass is 16.5. The average molecular weight is 280 g/mol. The normalized spacial score (nSPS) is 15.6. The van der Waals surface area contributed by atoms with Crippen LogP contribution in [0, 0.1) is 5.41 Å². The van der Waals surface area contributed by atoms with Gasteiger partial charge < -0.3 is 16.5 Å². The lowest BCUT2D eigenvalue weighted by Crippen LogP contribution is -2.23. The molecule has 21 heavy (non-hydrogen) atoms. The molecule has 0 saturated carbocycles. The van der Waals surface area contributed by atoms with Crippen molar-refractivity contribution >= 4 is 28.6 Å². The Balaban J connectivity index is 1.93. The van der Waals surface area contributed by atoms with Gasteiger partial charge in [0.15, 0.2) is 5.82 Å². The molecule has 2 aliphatic rings. The van der Waals surface area contributed by atoms with Crippen molar-refractivity contribution in [2.45, 2.75) is 6.42 Å². The Labute approximate surface area is 120 Å². The number of fused-ring (bicyclic) bond motifs is 4. The van der Waals surface area contributed by atoms with Crippen LogP contribution in [0.5, 0.6) is 0 Å². The van der Waals surface area contributed by atoms with E-state index in [2.05, 4.69) is 15.3 Å². The molecule has 0 radical (unpaired) electrons. The van der Waals surface area contributed by atoms with Crippen molar-refractivity contribution in [3.05, 3.63) is 47.6 Å². The molecule has 1 aliphatic carbocycles. The predicted molar refractivity (Wildman–Crippen MR) is 78.5 cm³/mol. The second-order valence-electron chi connectivity index (χ2n) is 4.99. The summed E-state index contributed by atoms with van der Waals surface area (Å²) >= 11 is 0. The average Bonchev–Trinajstić information content (AvgIpc) is 2.47. The van der Waals surface area contributed by atoms with Crippen LogP contribution >= 0.6 is 0 Å². The van der Waals surface area contributed by atoms with E-state index in [0.717, 1.165) is 21.9 Å². The zero-order chi connectivity index (χ0) is 14.6. The van der Waals surface area contributed by atoms with E-state index >= 15 is 0 Å². The Hall–Kier alpha value is -2.93. The highest BCUT2D eigenvalue weighted by Crippen LogP contribution is 2.44. The van der Waals surface area contributed by atoms with Crippen LogP contribution in [-0.2, 0) is 6.42 Å². The van der Waals surface area contributed by atoms with Crippen molar-refractivity contribution < 1.29 is 5.21 Å². The van der Waals surface area contributed by atoms with E-state index in [0.29, 0.717) is 35.0 Å². The Morgan fingerprint density at radius 3 is 3.10 bits per heavy atom. The maximum absolute atomic E-state index is 10.4. The monoisotopic (exact) mass is 280 g/mol. The van der Waals surface area contributed by atoms with Gasteiger partial charge >= 0.3 is 0 Å². The fourth-order valence-electron chi connectivity index (χ4n) is 2.73. The minimum atomic E-state index is 0.373. The van der Waals surface area contributed by atoms with Gasteiger partial charge in [-0.2, -0.15) is 0 Å². The van der Waals surface area contributed by atoms with E-state index in [1.165, 1.54) is 6.33 Å². The highest BCUT2D eigenvalue weighted by molar-refractivity contribution is 6.11. The van der Waals surface area contributed by atoms with Gasteiger partial charge in [-0.3, -0.25) is 5.21 Å². The van der Waals surface area contributed by atoms with Crippen LogP contribution in [0.4, 0.5) is 22.9 Å². The van der Waals surface area contributed by atoms with Crippen LogP contribution in [0.25, 0.3) is 0 Å². The van der Waals surface area contributed by atoms with Crippen molar-refractivity contribution in [2.75, 3.05) is 10.4 Å². The number of anilines is 4. The summed E-state index contributed by atoms with van der Waals surface area (Å²) in [6.45, 7) is 0. The van der Waals surface area contributed by atoms with Gasteiger partial charge in [0.1, 0.15) is 12.0 Å². The van der Waals surface area contributed by atoms with Crippen LogP contribution in [-0.4, -0.2) is 20.9 Å². The van der Waals surface area contributed by atoms with Gasteiger partial charge in [0.05, 0.1) is 23.3 Å². The second-order valence-corrected chi connectivity index (χ2v) is 4.99. The van der Waals surface area contributed by atoms with Gasteiger partial charge in [-0.15, -0.1) is 0 Å². The molecule has 2 heterocycles. The van der Waals surface area contributed by atoms with Crippen molar-refractivity contribution in [3.8, 4) is 0 Å². The Bertz CT molecular complexity index is 813. The van der Waals surface area contributed by atoms with Gasteiger partial charge in [-0.25, -0.2) is 15.0 Å². The molecule has 0 spiro atoms. The standard InChI is InChI=1S/C14H12N6O/c15-7-3-9-8(10(16)4-7)1-2-12-13(9)19-11-5-17-6-18-14(11)20(12)21/h1-2,4-6,16,19,21H,3,15H2. The van der Waals surface area contributed by atoms with Gasteiger partial charge in [0, 0.05) is 17.7 Å². The third-order valence-electron chi connectivity index (χ3n) is 3.67. The maximum atomic E-state index is 10.4. The lowest BCUT2D eigenvalue weighted by Gasteiger charge is -2.30. The van der Waals surface area contributed by atoms with E-state index in [1.54, 1.807) is 18.3 Å². The molecule has 0 unspecified atom stereocenters. The van der Waals surface area contributed by atoms with E-state index in [9.17, 15) is 5.21 Å². The Kier molecular flexibility index (Phi) is 2.28. The zero-order valence-corrected chi connectivity index (χ0v) is 11.0. The Morgan fingerprint density at radius 1 is 1.38 bits per heavy atom. The second kappa shape index (κ2) is 4.03. The number of nitrogens with one attached hydrogen (secondary N) is 2. The van der Waals surface area contributed by atoms with E-state index in [1.807, 2.05) is 6.07 Å². The number of allylic oxidation sites excluding steroid dienone is 2. The van der Waals surface area contributed by atoms with Gasteiger partial charge in [-0.1, -0.05) is 6.07 Å². The lowest BCUT2D eigenvalue weighted by atomic mass is 9.90. The zero-order valence-electron chi connectivity index (χ0n) is 11.0. The molecule has 104 valence electrons. The molecule has 1 aliphatic heterocycles. The number of rotatable bonds is 0. The fourth-order valence-corrected chi connectivity index (χ4v) is 2.73. The predicted octanol–water partition coefficient (Wildman–Crippen LogP) is 1.83. The molecule has 4 rings (SSSR count). The summed E-state index contributed by atoms with van der Waals surface area (Å²) in [6, 6.07) is 3.58. The molecule has 0 bridgehead atoms. The van der Waals surface area contributed by atoms with Crippen LogP contribution in [0.1, 0.15) is 11.1 Å². The molecule has 0 atom stereocenters. The first-order valence-corrected chi connectivity index (χ1v) is 6.42. The van der Waals surface area contributed by atoms with E-state index in [-0.39, 0.29) is 0 Å². The first-order chi connectivity index (χ1) is 10.1. The molecule has 0 amide bonds. The molecule has 0 saturated heterocycles. The van der Waals surface area contributed by atoms with Crippen molar-refractivity contribution in [1.29, 1.82) is 5.41 Å². The molecule has 5 N–H and O–H groups in total. The largest absolute Gasteiger partial charge is 0.402 e. The number of aromatic nitrogens is 2. The fraction of sp³-hybridized carbons (Fsp3) is 0.0714. The first kappa shape index (κ1) is 11.9. The summed E-state index contributed by atoms with van der Waals surface area (Å²) in [5.74, 6) is 0.395. The quantitative estimate of drug-likeness (QED) is 0.586. The highest BCUT2D eigenvalue weighted by Gasteiger charge is 2.28. The molecule has 0 fully saturated rings. The maximum Gasteiger partial charge on any atom is 0.184 e.